The molecule has 0 spiro atoms. The average molecular weight is 403 g/mol. The van der Waals surface area contributed by atoms with Gasteiger partial charge in [-0.05, 0) is 36.8 Å². The van der Waals surface area contributed by atoms with Crippen LogP contribution in [0.25, 0.3) is 0 Å². The first-order chi connectivity index (χ1) is 13.6. The van der Waals surface area contributed by atoms with Crippen LogP contribution in [0.1, 0.15) is 12.5 Å². The first kappa shape index (κ1) is 18.9. The number of nitrogens with one attached hydrogen (secondary N) is 2. The molecule has 2 aromatic carbocycles. The van der Waals surface area contributed by atoms with Crippen molar-refractivity contribution in [3.8, 4) is 11.5 Å². The molecule has 0 bridgehead atoms. The summed E-state index contributed by atoms with van der Waals surface area (Å²) in [5, 5.41) is 3.83. The van der Waals surface area contributed by atoms with Crippen molar-refractivity contribution >= 4 is 23.2 Å². The van der Waals surface area contributed by atoms with Crippen LogP contribution in [0.3, 0.4) is 0 Å². The van der Waals surface area contributed by atoms with Gasteiger partial charge >= 0.3 is 0 Å². The number of hydrogen-bond donors (Lipinski definition) is 2. The zero-order valence-corrected chi connectivity index (χ0v) is 16.7. The van der Waals surface area contributed by atoms with Crippen molar-refractivity contribution < 1.29 is 19.2 Å². The maximum atomic E-state index is 12.6. The molecule has 0 aromatic heterocycles. The summed E-state index contributed by atoms with van der Waals surface area (Å²) in [6, 6.07) is 13.6. The lowest BCUT2D eigenvalue weighted by Gasteiger charge is -2.36. The molecule has 2 aliphatic rings. The molecule has 2 N–H and O–H groups in total. The quantitative estimate of drug-likeness (QED) is 0.795. The number of carbonyl (C=O) groups excluding carboxylic acids is 1. The smallest absolute Gasteiger partial charge is 0.278 e. The molecule has 28 heavy (non-hydrogen) atoms. The van der Waals surface area contributed by atoms with E-state index in [2.05, 4.69) is 16.3 Å². The molecule has 6 nitrogen and oxygen atoms in total. The van der Waals surface area contributed by atoms with Crippen molar-refractivity contribution in [1.82, 2.24) is 5.32 Å². The standard InChI is InChI=1S/C21H24ClN3O3/c1-15(21(26)23-13-16-6-7-19-20(12-16)28-14-27-19)24-8-10-25(11-9-24)18-5-3-2-4-17(18)22/h2-7,12,15H,8-11,13-14H2,1H3,(H,23,26)/p+1/t15-/m1/s1. The monoisotopic (exact) mass is 402 g/mol. The lowest BCUT2D eigenvalue weighted by atomic mass is 10.1. The summed E-state index contributed by atoms with van der Waals surface area (Å²) in [6.45, 7) is 6.32. The molecule has 148 valence electrons. The summed E-state index contributed by atoms with van der Waals surface area (Å²) in [4.78, 5) is 16.2. The Balaban J connectivity index is 1.28. The van der Waals surface area contributed by atoms with Gasteiger partial charge in [0.05, 0.1) is 36.9 Å². The van der Waals surface area contributed by atoms with E-state index in [1.807, 2.05) is 43.3 Å². The number of quaternary nitrogens is 1. The number of rotatable bonds is 5. The fourth-order valence-corrected chi connectivity index (χ4v) is 4.01. The van der Waals surface area contributed by atoms with Gasteiger partial charge in [-0.15, -0.1) is 0 Å². The SMILES string of the molecule is C[C@H](C(=O)NCc1ccc2c(c1)OCO2)[NH+]1CCN(c2ccccc2Cl)CC1. The zero-order chi connectivity index (χ0) is 19.5. The highest BCUT2D eigenvalue weighted by Gasteiger charge is 2.29. The highest BCUT2D eigenvalue weighted by atomic mass is 35.5. The summed E-state index contributed by atoms with van der Waals surface area (Å²) in [7, 11) is 0. The minimum Gasteiger partial charge on any atom is -0.454 e. The van der Waals surface area contributed by atoms with Crippen molar-refractivity contribution in [2.45, 2.75) is 19.5 Å². The highest BCUT2D eigenvalue weighted by molar-refractivity contribution is 6.33. The van der Waals surface area contributed by atoms with Gasteiger partial charge in [-0.2, -0.15) is 0 Å². The van der Waals surface area contributed by atoms with Gasteiger partial charge in [0.2, 0.25) is 6.79 Å². The van der Waals surface area contributed by atoms with E-state index in [4.69, 9.17) is 21.1 Å². The second kappa shape index (κ2) is 8.29. The largest absolute Gasteiger partial charge is 0.454 e. The van der Waals surface area contributed by atoms with Crippen molar-refractivity contribution in [3.63, 3.8) is 0 Å². The molecular weight excluding hydrogens is 378 g/mol. The van der Waals surface area contributed by atoms with Gasteiger partial charge in [0.1, 0.15) is 0 Å². The molecule has 0 aliphatic carbocycles. The summed E-state index contributed by atoms with van der Waals surface area (Å²) in [6.07, 6.45) is 0. The van der Waals surface area contributed by atoms with Gasteiger partial charge in [-0.1, -0.05) is 29.8 Å². The van der Waals surface area contributed by atoms with Crippen molar-refractivity contribution in [2.24, 2.45) is 0 Å². The molecule has 0 unspecified atom stereocenters. The summed E-state index contributed by atoms with van der Waals surface area (Å²) < 4.78 is 10.7. The topological polar surface area (TPSA) is 55.2 Å². The second-order valence-electron chi connectivity index (χ2n) is 7.22. The molecule has 1 fully saturated rings. The number of fused-ring (bicyclic) bond motifs is 1. The van der Waals surface area contributed by atoms with Crippen molar-refractivity contribution in [2.75, 3.05) is 37.9 Å². The molecule has 2 aromatic rings. The van der Waals surface area contributed by atoms with Crippen LogP contribution in [0, 0.1) is 0 Å². The molecule has 7 heteroatoms. The van der Waals surface area contributed by atoms with Crippen LogP contribution >= 0.6 is 11.6 Å². The fourth-order valence-electron chi connectivity index (χ4n) is 3.75. The van der Waals surface area contributed by atoms with Crippen LogP contribution in [-0.2, 0) is 11.3 Å². The molecule has 2 aliphatic heterocycles. The van der Waals surface area contributed by atoms with Gasteiger partial charge in [0.15, 0.2) is 17.5 Å². The molecule has 2 heterocycles. The first-order valence-electron chi connectivity index (χ1n) is 9.62. The summed E-state index contributed by atoms with van der Waals surface area (Å²) in [5.74, 6) is 1.56. The van der Waals surface area contributed by atoms with E-state index in [9.17, 15) is 4.79 Å². The van der Waals surface area contributed by atoms with Crippen molar-refractivity contribution in [1.29, 1.82) is 0 Å². The third kappa shape index (κ3) is 4.03. The number of nitrogens with zero attached hydrogens (tertiary/aromatic N) is 1. The van der Waals surface area contributed by atoms with E-state index in [1.165, 1.54) is 4.90 Å². The maximum Gasteiger partial charge on any atom is 0.278 e. The van der Waals surface area contributed by atoms with E-state index in [-0.39, 0.29) is 18.7 Å². The highest BCUT2D eigenvalue weighted by Crippen LogP contribution is 2.32. The molecule has 4 rings (SSSR count). The maximum absolute atomic E-state index is 12.6. The summed E-state index contributed by atoms with van der Waals surface area (Å²) >= 11 is 6.31. The predicted molar refractivity (Wildman–Crippen MR) is 108 cm³/mol. The number of para-hydroxylation sites is 1. The lowest BCUT2D eigenvalue weighted by Crippen LogP contribution is -3.19. The predicted octanol–water partition coefficient (Wildman–Crippen LogP) is 1.48. The number of carbonyl (C=O) groups is 1. The van der Waals surface area contributed by atoms with Crippen LogP contribution in [-0.4, -0.2) is 44.9 Å². The Morgan fingerprint density at radius 1 is 1.18 bits per heavy atom. The van der Waals surface area contributed by atoms with Crippen LogP contribution in [0.4, 0.5) is 5.69 Å². The molecule has 0 radical (unpaired) electrons. The second-order valence-corrected chi connectivity index (χ2v) is 7.63. The van der Waals surface area contributed by atoms with E-state index in [0.717, 1.165) is 54.0 Å². The van der Waals surface area contributed by atoms with Crippen LogP contribution in [0.2, 0.25) is 5.02 Å². The minimum atomic E-state index is -0.0950. The zero-order valence-electron chi connectivity index (χ0n) is 15.9. The Hall–Kier alpha value is -2.44. The number of anilines is 1. The third-order valence-electron chi connectivity index (χ3n) is 5.51. The normalized spacial score (nSPS) is 17.4. The van der Waals surface area contributed by atoms with Gasteiger partial charge in [0.25, 0.3) is 5.91 Å². The van der Waals surface area contributed by atoms with Gasteiger partial charge < -0.3 is 24.6 Å². The number of hydrogen-bond acceptors (Lipinski definition) is 4. The van der Waals surface area contributed by atoms with E-state index >= 15 is 0 Å². The van der Waals surface area contributed by atoms with Crippen LogP contribution in [0.5, 0.6) is 11.5 Å². The Morgan fingerprint density at radius 3 is 2.71 bits per heavy atom. The fraction of sp³-hybridized carbons (Fsp3) is 0.381. The van der Waals surface area contributed by atoms with Gasteiger partial charge in [-0.3, -0.25) is 4.79 Å². The summed E-state index contributed by atoms with van der Waals surface area (Å²) in [5.41, 5.74) is 2.08. The number of benzene rings is 2. The molecule has 1 amide bonds. The van der Waals surface area contributed by atoms with Crippen molar-refractivity contribution in [3.05, 3.63) is 53.1 Å². The minimum absolute atomic E-state index is 0.0684. The van der Waals surface area contributed by atoms with Gasteiger partial charge in [-0.25, -0.2) is 0 Å². The van der Waals surface area contributed by atoms with E-state index in [0.29, 0.717) is 6.54 Å². The Bertz CT molecular complexity index is 853. The van der Waals surface area contributed by atoms with Crippen LogP contribution in [0.15, 0.2) is 42.5 Å². The molecule has 0 saturated carbocycles. The lowest BCUT2D eigenvalue weighted by molar-refractivity contribution is -0.914. The molecular formula is C21H25ClN3O3+. The first-order valence-corrected chi connectivity index (χ1v) is 10.00. The number of halogens is 1. The third-order valence-corrected chi connectivity index (χ3v) is 5.83. The Morgan fingerprint density at radius 2 is 1.93 bits per heavy atom. The number of amides is 1. The Kier molecular flexibility index (Phi) is 5.59. The van der Waals surface area contributed by atoms with Crippen LogP contribution < -0.4 is 24.6 Å². The molecule has 1 saturated heterocycles. The van der Waals surface area contributed by atoms with E-state index < -0.39 is 0 Å². The number of piperazine rings is 1. The van der Waals surface area contributed by atoms with Gasteiger partial charge in [0, 0.05) is 6.54 Å². The number of ether oxygens (including phenoxy) is 2. The average Bonchev–Trinajstić information content (AvgIpc) is 3.20. The molecule has 1 atom stereocenters. The Labute approximate surface area is 170 Å². The van der Waals surface area contributed by atoms with E-state index in [1.54, 1.807) is 0 Å².